The monoisotopic (exact) mass is 385 g/mol. The summed E-state index contributed by atoms with van der Waals surface area (Å²) in [5.74, 6) is -1.78. The fourth-order valence-corrected chi connectivity index (χ4v) is 2.70. The van der Waals surface area contributed by atoms with Gasteiger partial charge in [-0.2, -0.15) is 10.2 Å². The molecule has 1 aromatic carbocycles. The minimum Gasteiger partial charge on any atom is -0.479 e. The maximum atomic E-state index is 13.2. The second-order valence-electron chi connectivity index (χ2n) is 6.74. The molecule has 3 aromatic rings. The fraction of sp³-hybridized carbons (Fsp3) is 0.263. The molecule has 0 saturated heterocycles. The van der Waals surface area contributed by atoms with Gasteiger partial charge in [0.25, 0.3) is 5.91 Å². The van der Waals surface area contributed by atoms with E-state index in [1.807, 2.05) is 6.92 Å². The summed E-state index contributed by atoms with van der Waals surface area (Å²) >= 11 is 0. The highest BCUT2D eigenvalue weighted by atomic mass is 19.1. The number of benzene rings is 1. The summed E-state index contributed by atoms with van der Waals surface area (Å²) < 4.78 is 16.0. The van der Waals surface area contributed by atoms with Crippen molar-refractivity contribution in [2.24, 2.45) is 0 Å². The van der Waals surface area contributed by atoms with Gasteiger partial charge in [0.2, 0.25) is 0 Å². The minimum atomic E-state index is -1.25. The third-order valence-electron chi connectivity index (χ3n) is 4.46. The van der Waals surface area contributed by atoms with Crippen LogP contribution in [0.15, 0.2) is 42.9 Å². The topological polar surface area (TPSA) is 102 Å². The standard InChI is InChI=1S/C19H20FN5O3/c1-4-16-15(10-22-25(16)14-7-5-12(20)6-8-14)17(26)23-13-9-21-24(11-13)19(2,3)18(27)28/h5-11H,4H2,1-3H3,(H,23,26)(H,27,28). The summed E-state index contributed by atoms with van der Waals surface area (Å²) in [5, 5.41) is 20.3. The van der Waals surface area contributed by atoms with Gasteiger partial charge in [0.1, 0.15) is 5.82 Å². The number of anilines is 1. The molecule has 2 heterocycles. The Bertz CT molecular complexity index is 1020. The predicted octanol–water partition coefficient (Wildman–Crippen LogP) is 2.84. The quantitative estimate of drug-likeness (QED) is 0.679. The lowest BCUT2D eigenvalue weighted by Gasteiger charge is -2.19. The molecule has 0 unspecified atom stereocenters. The van der Waals surface area contributed by atoms with Gasteiger partial charge < -0.3 is 10.4 Å². The van der Waals surface area contributed by atoms with Crippen molar-refractivity contribution in [1.82, 2.24) is 19.6 Å². The van der Waals surface area contributed by atoms with Crippen molar-refractivity contribution < 1.29 is 19.1 Å². The molecule has 9 heteroatoms. The van der Waals surface area contributed by atoms with Crippen LogP contribution in [0.4, 0.5) is 10.1 Å². The molecule has 8 nitrogen and oxygen atoms in total. The second kappa shape index (κ2) is 7.26. The molecule has 0 radical (unpaired) electrons. The molecule has 2 N–H and O–H groups in total. The number of halogens is 1. The molecule has 0 bridgehead atoms. The lowest BCUT2D eigenvalue weighted by molar-refractivity contribution is -0.146. The first kappa shape index (κ1) is 19.3. The smallest absolute Gasteiger partial charge is 0.331 e. The molecule has 0 saturated carbocycles. The number of nitrogens with zero attached hydrogens (tertiary/aromatic N) is 4. The number of aromatic nitrogens is 4. The van der Waals surface area contributed by atoms with E-state index < -0.39 is 17.4 Å². The average Bonchev–Trinajstić information content (AvgIpc) is 3.29. The number of carboxylic acid groups (broad SMARTS) is 1. The minimum absolute atomic E-state index is 0.354. The Balaban J connectivity index is 1.85. The molecule has 2 aromatic heterocycles. The van der Waals surface area contributed by atoms with Crippen LogP contribution >= 0.6 is 0 Å². The highest BCUT2D eigenvalue weighted by molar-refractivity contribution is 6.04. The molecule has 28 heavy (non-hydrogen) atoms. The maximum absolute atomic E-state index is 13.2. The summed E-state index contributed by atoms with van der Waals surface area (Å²) in [6.45, 7) is 4.91. The lowest BCUT2D eigenvalue weighted by Crippen LogP contribution is -2.35. The average molecular weight is 385 g/mol. The summed E-state index contributed by atoms with van der Waals surface area (Å²) in [7, 11) is 0. The summed E-state index contributed by atoms with van der Waals surface area (Å²) in [4.78, 5) is 24.0. The van der Waals surface area contributed by atoms with Crippen LogP contribution in [0.5, 0.6) is 0 Å². The Labute approximate surface area is 160 Å². The van der Waals surface area contributed by atoms with Crippen LogP contribution in [-0.4, -0.2) is 36.5 Å². The van der Waals surface area contributed by atoms with Gasteiger partial charge in [-0.15, -0.1) is 0 Å². The van der Waals surface area contributed by atoms with Gasteiger partial charge in [0, 0.05) is 6.20 Å². The third kappa shape index (κ3) is 3.51. The zero-order valence-electron chi connectivity index (χ0n) is 15.7. The molecular weight excluding hydrogens is 365 g/mol. The van der Waals surface area contributed by atoms with Crippen molar-refractivity contribution in [3.8, 4) is 5.69 Å². The predicted molar refractivity (Wildman–Crippen MR) is 100 cm³/mol. The molecule has 0 aliphatic carbocycles. The maximum Gasteiger partial charge on any atom is 0.331 e. The molecule has 0 aliphatic rings. The van der Waals surface area contributed by atoms with E-state index in [2.05, 4.69) is 15.5 Å². The first-order chi connectivity index (χ1) is 13.2. The Kier molecular flexibility index (Phi) is 5.00. The third-order valence-corrected chi connectivity index (χ3v) is 4.46. The fourth-order valence-electron chi connectivity index (χ4n) is 2.70. The lowest BCUT2D eigenvalue weighted by atomic mass is 10.1. The summed E-state index contributed by atoms with van der Waals surface area (Å²) in [6.07, 6.45) is 4.83. The molecule has 1 amide bonds. The number of carbonyl (C=O) groups is 2. The zero-order chi connectivity index (χ0) is 20.5. The Hall–Kier alpha value is -3.49. The van der Waals surface area contributed by atoms with E-state index in [-0.39, 0.29) is 5.82 Å². The van der Waals surface area contributed by atoms with Crippen molar-refractivity contribution in [2.45, 2.75) is 32.7 Å². The van der Waals surface area contributed by atoms with Crippen molar-refractivity contribution >= 4 is 17.6 Å². The van der Waals surface area contributed by atoms with Crippen molar-refractivity contribution in [1.29, 1.82) is 0 Å². The number of carboxylic acids is 1. The van der Waals surface area contributed by atoms with Gasteiger partial charge in [-0.1, -0.05) is 6.92 Å². The number of nitrogens with one attached hydrogen (secondary N) is 1. The Morgan fingerprint density at radius 2 is 1.86 bits per heavy atom. The number of carbonyl (C=O) groups excluding carboxylic acids is 1. The molecule has 0 spiro atoms. The van der Waals surface area contributed by atoms with Crippen molar-refractivity contribution in [3.63, 3.8) is 0 Å². The summed E-state index contributed by atoms with van der Waals surface area (Å²) in [6, 6.07) is 5.83. The van der Waals surface area contributed by atoms with Gasteiger partial charge in [-0.05, 0) is 44.5 Å². The van der Waals surface area contributed by atoms with E-state index in [0.717, 1.165) is 0 Å². The zero-order valence-corrected chi connectivity index (χ0v) is 15.7. The number of aliphatic carboxylic acids is 1. The van der Waals surface area contributed by atoms with Crippen LogP contribution in [0.2, 0.25) is 0 Å². The Morgan fingerprint density at radius 3 is 2.46 bits per heavy atom. The first-order valence-electron chi connectivity index (χ1n) is 8.66. The first-order valence-corrected chi connectivity index (χ1v) is 8.66. The van der Waals surface area contributed by atoms with E-state index in [1.54, 1.807) is 16.8 Å². The van der Waals surface area contributed by atoms with Crippen LogP contribution in [0.1, 0.15) is 36.8 Å². The molecule has 0 atom stereocenters. The van der Waals surface area contributed by atoms with Crippen LogP contribution in [0.25, 0.3) is 5.69 Å². The number of hydrogen-bond donors (Lipinski definition) is 2. The second-order valence-corrected chi connectivity index (χ2v) is 6.74. The molecular formula is C19H20FN5O3. The van der Waals surface area contributed by atoms with Gasteiger partial charge >= 0.3 is 5.97 Å². The van der Waals surface area contributed by atoms with Crippen molar-refractivity contribution in [3.05, 3.63) is 59.9 Å². The van der Waals surface area contributed by atoms with Crippen LogP contribution in [0, 0.1) is 5.82 Å². The highest BCUT2D eigenvalue weighted by Crippen LogP contribution is 2.20. The summed E-state index contributed by atoms with van der Waals surface area (Å²) in [5.41, 5.74) is 0.814. The Morgan fingerprint density at radius 1 is 1.18 bits per heavy atom. The SMILES string of the molecule is CCc1c(C(=O)Nc2cnn(C(C)(C)C(=O)O)c2)cnn1-c1ccc(F)cc1. The van der Waals surface area contributed by atoms with Crippen molar-refractivity contribution in [2.75, 3.05) is 5.32 Å². The van der Waals surface area contributed by atoms with E-state index in [0.29, 0.717) is 29.1 Å². The van der Waals surface area contributed by atoms with E-state index in [4.69, 9.17) is 0 Å². The van der Waals surface area contributed by atoms with Crippen LogP contribution in [-0.2, 0) is 16.8 Å². The number of hydrogen-bond acceptors (Lipinski definition) is 4. The van der Waals surface area contributed by atoms with Gasteiger partial charge in [0.05, 0.1) is 35.0 Å². The van der Waals surface area contributed by atoms with Gasteiger partial charge in [0.15, 0.2) is 5.54 Å². The molecule has 0 fully saturated rings. The normalized spacial score (nSPS) is 11.4. The van der Waals surface area contributed by atoms with Crippen LogP contribution in [0.3, 0.4) is 0 Å². The van der Waals surface area contributed by atoms with Gasteiger partial charge in [-0.3, -0.25) is 9.48 Å². The molecule has 3 rings (SSSR count). The van der Waals surface area contributed by atoms with E-state index in [9.17, 15) is 19.1 Å². The molecule has 0 aliphatic heterocycles. The molecule has 146 valence electrons. The largest absolute Gasteiger partial charge is 0.479 e. The number of rotatable bonds is 6. The number of amides is 1. The highest BCUT2D eigenvalue weighted by Gasteiger charge is 2.30. The van der Waals surface area contributed by atoms with E-state index in [1.165, 1.54) is 49.3 Å². The van der Waals surface area contributed by atoms with E-state index >= 15 is 0 Å². The van der Waals surface area contributed by atoms with Gasteiger partial charge in [-0.25, -0.2) is 13.9 Å². The van der Waals surface area contributed by atoms with Crippen LogP contribution < -0.4 is 5.32 Å².